The van der Waals surface area contributed by atoms with Crippen LogP contribution in [0.2, 0.25) is 0 Å². The maximum absolute atomic E-state index is 12.0. The van der Waals surface area contributed by atoms with Gasteiger partial charge in [-0.25, -0.2) is 4.68 Å². The molecule has 0 aliphatic carbocycles. The van der Waals surface area contributed by atoms with Gasteiger partial charge in [-0.3, -0.25) is 20.4 Å². The van der Waals surface area contributed by atoms with Crippen molar-refractivity contribution in [1.29, 1.82) is 0 Å². The monoisotopic (exact) mass is 352 g/mol. The van der Waals surface area contributed by atoms with Gasteiger partial charge in [-0.2, -0.15) is 5.10 Å². The Bertz CT molecular complexity index is 899. The molecule has 0 saturated carbocycles. The lowest BCUT2D eigenvalue weighted by Gasteiger charge is -2.07. The molecule has 0 spiro atoms. The Kier molecular flexibility index (Phi) is 5.17. The number of carbonyl (C=O) groups is 2. The molecule has 2 heterocycles. The molecule has 3 aromatic rings. The van der Waals surface area contributed by atoms with Crippen LogP contribution in [0.3, 0.4) is 0 Å². The molecule has 26 heavy (non-hydrogen) atoms. The van der Waals surface area contributed by atoms with Crippen LogP contribution in [0.4, 0.5) is 0 Å². The zero-order valence-corrected chi connectivity index (χ0v) is 14.7. The van der Waals surface area contributed by atoms with Crippen LogP contribution in [0.25, 0.3) is 5.69 Å². The smallest absolute Gasteiger partial charge is 0.305 e. The molecule has 0 saturated heterocycles. The number of nitrogens with one attached hydrogen (secondary N) is 2. The normalized spacial score (nSPS) is 10.5. The van der Waals surface area contributed by atoms with E-state index in [0.29, 0.717) is 6.42 Å². The van der Waals surface area contributed by atoms with Gasteiger partial charge in [0.1, 0.15) is 0 Å². The molecule has 7 heteroatoms. The molecule has 2 amide bonds. The van der Waals surface area contributed by atoms with Gasteiger partial charge in [0.2, 0.25) is 5.91 Å². The van der Waals surface area contributed by atoms with Crippen LogP contribution in [0.1, 0.15) is 33.9 Å². The fraction of sp³-hybridized carbons (Fsp3) is 0.211. The predicted octanol–water partition coefficient (Wildman–Crippen LogP) is 2.48. The molecule has 0 aliphatic heterocycles. The first-order valence-corrected chi connectivity index (χ1v) is 8.29. The topological polar surface area (TPSA) is 89.2 Å². The number of hydrazine groups is 1. The summed E-state index contributed by atoms with van der Waals surface area (Å²) in [7, 11) is 0. The van der Waals surface area contributed by atoms with E-state index < -0.39 is 5.91 Å². The summed E-state index contributed by atoms with van der Waals surface area (Å²) in [5.74, 6) is -0.634. The minimum absolute atomic E-state index is 0.140. The molecule has 0 radical (unpaired) electrons. The van der Waals surface area contributed by atoms with Crippen LogP contribution in [0, 0.1) is 13.8 Å². The van der Waals surface area contributed by atoms with Crippen LogP contribution < -0.4 is 10.9 Å². The van der Waals surface area contributed by atoms with E-state index in [9.17, 15) is 9.59 Å². The van der Waals surface area contributed by atoms with E-state index >= 15 is 0 Å². The summed E-state index contributed by atoms with van der Waals surface area (Å²) in [5.41, 5.74) is 8.62. The molecule has 1 aromatic carbocycles. The summed E-state index contributed by atoms with van der Waals surface area (Å²) in [5, 5.41) is 4.57. The highest BCUT2D eigenvalue weighted by Crippen LogP contribution is 2.19. The van der Waals surface area contributed by atoms with E-state index in [2.05, 4.69) is 16.0 Å². The van der Waals surface area contributed by atoms with Crippen LogP contribution >= 0.6 is 0 Å². The van der Waals surface area contributed by atoms with Gasteiger partial charge in [-0.15, -0.1) is 0 Å². The van der Waals surface area contributed by atoms with Crippen LogP contribution in [-0.4, -0.2) is 21.6 Å². The number of hydrogen-bond donors (Lipinski definition) is 2. The zero-order chi connectivity index (χ0) is 18.5. The number of hydrogen-bond acceptors (Lipinski definition) is 4. The Morgan fingerprint density at radius 3 is 2.54 bits per heavy atom. The van der Waals surface area contributed by atoms with Gasteiger partial charge in [-0.05, 0) is 50.1 Å². The summed E-state index contributed by atoms with van der Waals surface area (Å²) < 4.78 is 6.84. The van der Waals surface area contributed by atoms with E-state index in [4.69, 9.17) is 4.42 Å². The number of aromatic nitrogens is 2. The lowest BCUT2D eigenvalue weighted by molar-refractivity contribution is -0.121. The third kappa shape index (κ3) is 3.83. The second-order valence-electron chi connectivity index (χ2n) is 5.88. The van der Waals surface area contributed by atoms with E-state index in [1.54, 1.807) is 6.07 Å². The summed E-state index contributed by atoms with van der Waals surface area (Å²) in [4.78, 5) is 23.7. The Hall–Kier alpha value is -3.35. The lowest BCUT2D eigenvalue weighted by Crippen LogP contribution is -2.41. The fourth-order valence-corrected chi connectivity index (χ4v) is 2.75. The highest BCUT2D eigenvalue weighted by molar-refractivity contribution is 5.92. The largest absolute Gasteiger partial charge is 0.459 e. The predicted molar refractivity (Wildman–Crippen MR) is 95.7 cm³/mol. The van der Waals surface area contributed by atoms with Gasteiger partial charge in [0.15, 0.2) is 5.76 Å². The number of furan rings is 1. The van der Waals surface area contributed by atoms with Gasteiger partial charge >= 0.3 is 5.91 Å². The average molecular weight is 352 g/mol. The van der Waals surface area contributed by atoms with Crippen LogP contribution in [0.5, 0.6) is 0 Å². The van der Waals surface area contributed by atoms with Gasteiger partial charge in [0.25, 0.3) is 0 Å². The SMILES string of the molecule is Cc1nn(-c2ccccc2)c(C)c1CCC(=O)NNC(=O)c1ccco1. The summed E-state index contributed by atoms with van der Waals surface area (Å²) in [6.07, 6.45) is 2.17. The minimum atomic E-state index is -0.493. The van der Waals surface area contributed by atoms with Gasteiger partial charge in [-0.1, -0.05) is 18.2 Å². The van der Waals surface area contributed by atoms with Crippen molar-refractivity contribution in [2.24, 2.45) is 0 Å². The van der Waals surface area contributed by atoms with Crippen LogP contribution in [0.15, 0.2) is 53.1 Å². The van der Waals surface area contributed by atoms with Crippen molar-refractivity contribution in [3.63, 3.8) is 0 Å². The molecule has 2 aromatic heterocycles. The first-order valence-electron chi connectivity index (χ1n) is 8.29. The maximum atomic E-state index is 12.0. The highest BCUT2D eigenvalue weighted by atomic mass is 16.3. The third-order valence-corrected chi connectivity index (χ3v) is 4.10. The van der Waals surface area contributed by atoms with Crippen LogP contribution in [-0.2, 0) is 11.2 Å². The second kappa shape index (κ2) is 7.69. The quantitative estimate of drug-likeness (QED) is 0.691. The van der Waals surface area contributed by atoms with Crippen molar-refractivity contribution in [3.8, 4) is 5.69 Å². The fourth-order valence-electron chi connectivity index (χ4n) is 2.75. The zero-order valence-electron chi connectivity index (χ0n) is 14.7. The van der Waals surface area contributed by atoms with Crippen molar-refractivity contribution < 1.29 is 14.0 Å². The Balaban J connectivity index is 1.58. The average Bonchev–Trinajstić information content (AvgIpc) is 3.28. The molecule has 0 fully saturated rings. The molecule has 2 N–H and O–H groups in total. The van der Waals surface area contributed by atoms with Gasteiger partial charge < -0.3 is 4.42 Å². The highest BCUT2D eigenvalue weighted by Gasteiger charge is 2.15. The number of nitrogens with zero attached hydrogens (tertiary/aromatic N) is 2. The molecule has 0 atom stereocenters. The number of para-hydroxylation sites is 1. The van der Waals surface area contributed by atoms with Crippen molar-refractivity contribution in [2.45, 2.75) is 26.7 Å². The first kappa shape index (κ1) is 17.5. The number of benzene rings is 1. The number of amides is 2. The molecular formula is C19H20N4O3. The molecular weight excluding hydrogens is 332 g/mol. The molecule has 0 aliphatic rings. The molecule has 3 rings (SSSR count). The molecule has 134 valence electrons. The van der Waals surface area contributed by atoms with Gasteiger partial charge in [0.05, 0.1) is 17.6 Å². The Morgan fingerprint density at radius 1 is 1.08 bits per heavy atom. The third-order valence-electron chi connectivity index (χ3n) is 4.10. The Morgan fingerprint density at radius 2 is 1.85 bits per heavy atom. The standard InChI is InChI=1S/C19H20N4O3/c1-13-16(14(2)23(22-13)15-7-4-3-5-8-15)10-11-18(24)20-21-19(25)17-9-6-12-26-17/h3-9,12H,10-11H2,1-2H3,(H,20,24)(H,21,25). The van der Waals surface area contributed by atoms with E-state index in [1.807, 2.05) is 48.9 Å². The van der Waals surface area contributed by atoms with Crippen molar-refractivity contribution >= 4 is 11.8 Å². The lowest BCUT2D eigenvalue weighted by atomic mass is 10.1. The summed E-state index contributed by atoms with van der Waals surface area (Å²) in [6.45, 7) is 3.91. The van der Waals surface area contributed by atoms with Crippen molar-refractivity contribution in [3.05, 3.63) is 71.4 Å². The molecule has 7 nitrogen and oxygen atoms in total. The van der Waals surface area contributed by atoms with Gasteiger partial charge in [0, 0.05) is 12.1 Å². The number of carbonyl (C=O) groups excluding carboxylic acids is 2. The minimum Gasteiger partial charge on any atom is -0.459 e. The molecule has 0 unspecified atom stereocenters. The van der Waals surface area contributed by atoms with Crippen molar-refractivity contribution in [2.75, 3.05) is 0 Å². The first-order chi connectivity index (χ1) is 12.6. The van der Waals surface area contributed by atoms with Crippen molar-refractivity contribution in [1.82, 2.24) is 20.6 Å². The number of rotatable bonds is 5. The summed E-state index contributed by atoms with van der Waals surface area (Å²) in [6, 6.07) is 13.0. The second-order valence-corrected chi connectivity index (χ2v) is 5.88. The summed E-state index contributed by atoms with van der Waals surface area (Å²) >= 11 is 0. The Labute approximate surface area is 151 Å². The molecule has 0 bridgehead atoms. The maximum Gasteiger partial charge on any atom is 0.305 e. The van der Waals surface area contributed by atoms with E-state index in [0.717, 1.165) is 22.6 Å². The number of aryl methyl sites for hydroxylation is 1. The van der Waals surface area contributed by atoms with E-state index in [1.165, 1.54) is 12.3 Å². The van der Waals surface area contributed by atoms with E-state index in [-0.39, 0.29) is 18.1 Å².